The number of nitrogens with zero attached hydrogens (tertiary/aromatic N) is 5. The molecule has 11 nitrogen and oxygen atoms in total. The second-order valence-electron chi connectivity index (χ2n) is 9.38. The van der Waals surface area contributed by atoms with Crippen molar-refractivity contribution in [1.29, 1.82) is 0 Å². The zero-order valence-corrected chi connectivity index (χ0v) is 20.7. The van der Waals surface area contributed by atoms with Gasteiger partial charge >= 0.3 is 0 Å². The molecule has 4 heterocycles. The van der Waals surface area contributed by atoms with E-state index in [1.807, 2.05) is 0 Å². The van der Waals surface area contributed by atoms with Crippen LogP contribution in [0.15, 0.2) is 61.6 Å². The second kappa shape index (κ2) is 9.68. The average Bonchev–Trinajstić information content (AvgIpc) is 3.28. The van der Waals surface area contributed by atoms with Gasteiger partial charge in [-0.1, -0.05) is 24.2 Å². The maximum absolute atomic E-state index is 12.7. The predicted octanol–water partition coefficient (Wildman–Crippen LogP) is 2.38. The fourth-order valence-corrected chi connectivity index (χ4v) is 4.96. The van der Waals surface area contributed by atoms with Gasteiger partial charge in [0.25, 0.3) is 5.91 Å². The number of anilines is 1. The van der Waals surface area contributed by atoms with Crippen molar-refractivity contribution < 1.29 is 9.59 Å². The maximum Gasteiger partial charge on any atom is 0.275 e. The molecule has 3 aromatic rings. The first-order chi connectivity index (χ1) is 17.8. The highest BCUT2D eigenvalue weighted by Gasteiger charge is 2.54. The number of hydrazine groups is 1. The molecule has 2 fully saturated rings. The summed E-state index contributed by atoms with van der Waals surface area (Å²) < 4.78 is 0. The fourth-order valence-electron chi connectivity index (χ4n) is 4.77. The molecule has 2 aliphatic rings. The van der Waals surface area contributed by atoms with E-state index < -0.39 is 5.91 Å². The van der Waals surface area contributed by atoms with E-state index in [0.717, 1.165) is 25.9 Å². The Morgan fingerprint density at radius 3 is 2.68 bits per heavy atom. The number of amides is 2. The number of pyridine rings is 2. The highest BCUT2D eigenvalue weighted by Crippen LogP contribution is 2.49. The first-order valence-corrected chi connectivity index (χ1v) is 12.0. The molecule has 0 radical (unpaired) electrons. The summed E-state index contributed by atoms with van der Waals surface area (Å²) in [5.74, 6) is 6.14. The maximum atomic E-state index is 12.7. The van der Waals surface area contributed by atoms with Gasteiger partial charge in [-0.2, -0.15) is 5.10 Å². The Hall–Kier alpha value is -4.22. The molecule has 0 aromatic carbocycles. The third kappa shape index (κ3) is 4.91. The molecule has 6 N–H and O–H groups in total. The summed E-state index contributed by atoms with van der Waals surface area (Å²) >= 11 is 6.09. The molecule has 3 aromatic heterocycles. The average molecular weight is 520 g/mol. The summed E-state index contributed by atoms with van der Waals surface area (Å²) in [6, 6.07) is 8.60. The molecule has 2 amide bonds. The molecule has 5 rings (SSSR count). The molecule has 0 unspecified atom stereocenters. The van der Waals surface area contributed by atoms with Crippen LogP contribution in [-0.4, -0.2) is 61.0 Å². The van der Waals surface area contributed by atoms with Crippen LogP contribution in [0.2, 0.25) is 5.02 Å². The van der Waals surface area contributed by atoms with Gasteiger partial charge in [0.05, 0.1) is 22.6 Å². The number of nitrogens with one attached hydrogen (secondary N) is 2. The smallest absolute Gasteiger partial charge is 0.275 e. The third-order valence-corrected chi connectivity index (χ3v) is 7.04. The molecule has 12 heteroatoms. The van der Waals surface area contributed by atoms with Crippen LogP contribution >= 0.6 is 11.6 Å². The van der Waals surface area contributed by atoms with Gasteiger partial charge < -0.3 is 21.0 Å². The van der Waals surface area contributed by atoms with Crippen LogP contribution in [-0.2, 0) is 4.79 Å². The number of aromatic nitrogens is 4. The molecular formula is C25H26ClN9O2. The first-order valence-electron chi connectivity index (χ1n) is 11.6. The van der Waals surface area contributed by atoms with Crippen molar-refractivity contribution >= 4 is 34.9 Å². The largest absolute Gasteiger partial charge is 0.397 e. The fraction of sp³-hybridized carbons (Fsp3) is 0.240. The Labute approximate surface area is 218 Å². The van der Waals surface area contributed by atoms with E-state index in [2.05, 4.69) is 32.1 Å². The summed E-state index contributed by atoms with van der Waals surface area (Å²) in [7, 11) is 0. The minimum Gasteiger partial charge on any atom is -0.397 e. The Balaban J connectivity index is 1.16. The van der Waals surface area contributed by atoms with Crippen LogP contribution < -0.4 is 16.9 Å². The number of H-pyrrole nitrogens is 1. The van der Waals surface area contributed by atoms with Gasteiger partial charge in [-0.05, 0) is 43.2 Å². The Bertz CT molecular complexity index is 1370. The van der Waals surface area contributed by atoms with E-state index >= 15 is 0 Å². The number of nitrogens with two attached hydrogens (primary N) is 2. The lowest BCUT2D eigenvalue weighted by atomic mass is 9.60. The molecule has 0 atom stereocenters. The van der Waals surface area contributed by atoms with Crippen LogP contribution in [0, 0.1) is 5.41 Å². The van der Waals surface area contributed by atoms with Crippen molar-refractivity contribution in [3.05, 3.63) is 77.9 Å². The molecule has 190 valence electrons. The molecule has 0 bridgehead atoms. The summed E-state index contributed by atoms with van der Waals surface area (Å²) in [6.45, 7) is 5.02. The SMILES string of the molecule is C=CC(=O)N1CC2(CC(N(N)/C=C(\N)c3ccc(NC(=O)c4cccc(-c5[nH]ncc5Cl)n4)nc3)C2)C1. The van der Waals surface area contributed by atoms with E-state index in [4.69, 9.17) is 23.2 Å². The molecule has 37 heavy (non-hydrogen) atoms. The number of halogens is 1. The van der Waals surface area contributed by atoms with Crippen LogP contribution in [0.4, 0.5) is 5.82 Å². The number of carbonyl (C=O) groups is 2. The van der Waals surface area contributed by atoms with Crippen LogP contribution in [0.5, 0.6) is 0 Å². The van der Waals surface area contributed by atoms with E-state index in [-0.39, 0.29) is 23.1 Å². The third-order valence-electron chi connectivity index (χ3n) is 6.76. The number of carbonyl (C=O) groups excluding carboxylic acids is 2. The normalized spacial score (nSPS) is 16.6. The van der Waals surface area contributed by atoms with Gasteiger partial charge in [-0.15, -0.1) is 0 Å². The molecule has 1 aliphatic carbocycles. The second-order valence-corrected chi connectivity index (χ2v) is 9.79. The van der Waals surface area contributed by atoms with Gasteiger partial charge in [-0.3, -0.25) is 14.7 Å². The van der Waals surface area contributed by atoms with Crippen molar-refractivity contribution in [2.75, 3.05) is 18.4 Å². The van der Waals surface area contributed by atoms with E-state index in [9.17, 15) is 9.59 Å². The van der Waals surface area contributed by atoms with Gasteiger partial charge in [-0.25, -0.2) is 15.8 Å². The Kier molecular flexibility index (Phi) is 6.40. The topological polar surface area (TPSA) is 159 Å². The zero-order valence-electron chi connectivity index (χ0n) is 19.9. The minimum absolute atomic E-state index is 0.0289. The first kappa shape index (κ1) is 24.5. The van der Waals surface area contributed by atoms with Crippen molar-refractivity contribution in [1.82, 2.24) is 30.1 Å². The van der Waals surface area contributed by atoms with E-state index in [1.54, 1.807) is 52.6 Å². The van der Waals surface area contributed by atoms with Gasteiger partial charge in [0.1, 0.15) is 17.2 Å². The molecule has 1 spiro atoms. The highest BCUT2D eigenvalue weighted by atomic mass is 35.5. The highest BCUT2D eigenvalue weighted by molar-refractivity contribution is 6.32. The molecule has 1 aliphatic heterocycles. The molecule has 1 saturated heterocycles. The lowest BCUT2D eigenvalue weighted by Gasteiger charge is -2.60. The minimum atomic E-state index is -0.419. The number of rotatable bonds is 7. The Morgan fingerprint density at radius 1 is 1.24 bits per heavy atom. The van der Waals surface area contributed by atoms with Gasteiger partial charge in [0.2, 0.25) is 5.91 Å². The molecular weight excluding hydrogens is 494 g/mol. The van der Waals surface area contributed by atoms with Crippen LogP contribution in [0.1, 0.15) is 28.9 Å². The summed E-state index contributed by atoms with van der Waals surface area (Å²) in [4.78, 5) is 34.8. The van der Waals surface area contributed by atoms with Crippen LogP contribution in [0.3, 0.4) is 0 Å². The van der Waals surface area contributed by atoms with Gasteiger partial charge in [0, 0.05) is 42.5 Å². The predicted molar refractivity (Wildman–Crippen MR) is 139 cm³/mol. The summed E-state index contributed by atoms with van der Waals surface area (Å²) in [5.41, 5.74) is 8.76. The summed E-state index contributed by atoms with van der Waals surface area (Å²) in [6.07, 6.45) is 7.88. The number of aromatic amines is 1. The summed E-state index contributed by atoms with van der Waals surface area (Å²) in [5, 5.41) is 11.4. The van der Waals surface area contributed by atoms with E-state index in [1.165, 1.54) is 12.3 Å². The monoisotopic (exact) mass is 519 g/mol. The number of hydrogen-bond donors (Lipinski definition) is 4. The number of likely N-dealkylation sites (tertiary alicyclic amines) is 1. The van der Waals surface area contributed by atoms with Crippen LogP contribution in [0.25, 0.3) is 17.1 Å². The van der Waals surface area contributed by atoms with Crippen molar-refractivity contribution in [3.8, 4) is 11.4 Å². The molecule has 1 saturated carbocycles. The Morgan fingerprint density at radius 2 is 2.03 bits per heavy atom. The lowest BCUT2D eigenvalue weighted by Crippen LogP contribution is -2.67. The van der Waals surface area contributed by atoms with E-state index in [0.29, 0.717) is 33.5 Å². The lowest BCUT2D eigenvalue weighted by molar-refractivity contribution is -0.150. The van der Waals surface area contributed by atoms with Crippen molar-refractivity contribution in [2.24, 2.45) is 17.0 Å². The van der Waals surface area contributed by atoms with Crippen molar-refractivity contribution in [2.45, 2.75) is 18.9 Å². The zero-order chi connectivity index (χ0) is 26.2. The quantitative estimate of drug-likeness (QED) is 0.210. The standard InChI is InChI=1S/C25H26ClN9O2/c1-2-22(36)34-13-25(14-34)8-16(9-25)35(28)12-18(27)15-6-7-21(29-10-15)32-24(37)20-5-3-4-19(31-20)23-17(26)11-30-33-23/h2-7,10-12,16H,1,8-9,13-14,27-28H2,(H,30,33)(H,29,32,37)/b18-12-. The van der Waals surface area contributed by atoms with Crippen molar-refractivity contribution in [3.63, 3.8) is 0 Å². The number of hydrogen-bond acceptors (Lipinski definition) is 8. The van der Waals surface area contributed by atoms with Gasteiger partial charge in [0.15, 0.2) is 0 Å².